The number of rotatable bonds is 7. The number of β-amino-alcohol motifs (C(OH)–C–C–N with tert-alkyl or cyclic N) is 1. The summed E-state index contributed by atoms with van der Waals surface area (Å²) in [6.07, 6.45) is 1.16. The number of hydrogen-bond donors (Lipinski definition) is 2. The van der Waals surface area contributed by atoms with Crippen LogP contribution < -0.4 is 10.1 Å². The third-order valence-electron chi connectivity index (χ3n) is 5.00. The number of ether oxygens (including phenoxy) is 1. The number of aliphatic hydroxyl groups excluding tert-OH is 1. The number of carbonyl (C=O) groups excluding carboxylic acids is 1. The van der Waals surface area contributed by atoms with E-state index in [0.717, 1.165) is 24.0 Å². The highest BCUT2D eigenvalue weighted by Gasteiger charge is 2.20. The number of fused-ring (bicyclic) bond motifs is 2. The quantitative estimate of drug-likeness (QED) is 0.649. The zero-order chi connectivity index (χ0) is 19.5. The van der Waals surface area contributed by atoms with Crippen LogP contribution in [0.3, 0.4) is 0 Å². The van der Waals surface area contributed by atoms with Crippen LogP contribution in [0.5, 0.6) is 5.75 Å². The fourth-order valence-corrected chi connectivity index (χ4v) is 3.54. The molecule has 0 saturated carbocycles. The van der Waals surface area contributed by atoms with Gasteiger partial charge >= 0.3 is 0 Å². The van der Waals surface area contributed by atoms with Crippen LogP contribution in [0, 0.1) is 0 Å². The molecule has 28 heavy (non-hydrogen) atoms. The molecular formula is C21H24N4O3. The lowest BCUT2D eigenvalue weighted by Gasteiger charge is -2.19. The molecule has 1 atom stereocenters. The van der Waals surface area contributed by atoms with Crippen molar-refractivity contribution in [2.24, 2.45) is 7.05 Å². The molecule has 3 aromatic rings. The van der Waals surface area contributed by atoms with Crippen molar-refractivity contribution in [3.63, 3.8) is 0 Å². The summed E-state index contributed by atoms with van der Waals surface area (Å²) in [6.45, 7) is 2.30. The van der Waals surface area contributed by atoms with Gasteiger partial charge in [0, 0.05) is 44.7 Å². The molecule has 1 amide bonds. The number of nitrogens with zero attached hydrogens (tertiary/aromatic N) is 3. The number of aliphatic hydroxyl groups is 1. The summed E-state index contributed by atoms with van der Waals surface area (Å²) in [6, 6.07) is 13.9. The highest BCUT2D eigenvalue weighted by atomic mass is 16.5. The Hall–Kier alpha value is -2.90. The van der Waals surface area contributed by atoms with E-state index >= 15 is 0 Å². The van der Waals surface area contributed by atoms with Crippen LogP contribution in [0.4, 0.5) is 0 Å². The zero-order valence-corrected chi connectivity index (χ0v) is 15.8. The molecule has 1 aliphatic rings. The number of amides is 1. The van der Waals surface area contributed by atoms with E-state index in [-0.39, 0.29) is 19.1 Å². The average Bonchev–Trinajstić information content (AvgIpc) is 3.27. The fraction of sp³-hybridized carbons (Fsp3) is 0.333. The summed E-state index contributed by atoms with van der Waals surface area (Å²) >= 11 is 0. The van der Waals surface area contributed by atoms with E-state index in [1.54, 1.807) is 10.9 Å². The number of benzene rings is 2. The van der Waals surface area contributed by atoms with Crippen LogP contribution in [0.25, 0.3) is 10.9 Å². The van der Waals surface area contributed by atoms with Crippen LogP contribution >= 0.6 is 0 Å². The lowest BCUT2D eigenvalue weighted by molar-refractivity contribution is -0.123. The highest BCUT2D eigenvalue weighted by molar-refractivity contribution is 5.80. The number of hydrogen-bond acceptors (Lipinski definition) is 5. The normalized spacial score (nSPS) is 14.8. The average molecular weight is 380 g/mol. The largest absolute Gasteiger partial charge is 0.484 e. The van der Waals surface area contributed by atoms with Gasteiger partial charge in [0.1, 0.15) is 5.75 Å². The lowest BCUT2D eigenvalue weighted by atomic mass is 10.1. The summed E-state index contributed by atoms with van der Waals surface area (Å²) in [5, 5.41) is 18.2. The molecule has 0 saturated heterocycles. The third-order valence-corrected chi connectivity index (χ3v) is 5.00. The predicted molar refractivity (Wildman–Crippen MR) is 106 cm³/mol. The molecular weight excluding hydrogens is 356 g/mol. The number of carbonyl (C=O) groups is 1. The second kappa shape index (κ2) is 8.00. The SMILES string of the molecule is Cn1ncc2ccc(OCC(=O)NCC(O)CN3Cc4ccccc4C3)cc21. The summed E-state index contributed by atoms with van der Waals surface area (Å²) in [5.74, 6) is 0.357. The second-order valence-electron chi connectivity index (χ2n) is 7.17. The van der Waals surface area contributed by atoms with E-state index in [0.29, 0.717) is 12.3 Å². The van der Waals surface area contributed by atoms with Gasteiger partial charge < -0.3 is 15.2 Å². The Bertz CT molecular complexity index is 960. The molecule has 4 rings (SSSR count). The molecule has 2 aromatic carbocycles. The maximum Gasteiger partial charge on any atom is 0.258 e. The molecule has 146 valence electrons. The molecule has 0 fully saturated rings. The fourth-order valence-electron chi connectivity index (χ4n) is 3.54. The summed E-state index contributed by atoms with van der Waals surface area (Å²) in [5.41, 5.74) is 3.55. The van der Waals surface area contributed by atoms with Gasteiger partial charge in [0.15, 0.2) is 6.61 Å². The van der Waals surface area contributed by atoms with Crippen LogP contribution in [0.2, 0.25) is 0 Å². The van der Waals surface area contributed by atoms with Gasteiger partial charge in [-0.1, -0.05) is 24.3 Å². The smallest absolute Gasteiger partial charge is 0.258 e. The lowest BCUT2D eigenvalue weighted by Crippen LogP contribution is -2.40. The van der Waals surface area contributed by atoms with Gasteiger partial charge in [0.05, 0.1) is 17.8 Å². The molecule has 0 spiro atoms. The number of aryl methyl sites for hydroxylation is 1. The van der Waals surface area contributed by atoms with E-state index in [9.17, 15) is 9.90 Å². The summed E-state index contributed by atoms with van der Waals surface area (Å²) in [4.78, 5) is 14.2. The molecule has 0 radical (unpaired) electrons. The molecule has 7 nitrogen and oxygen atoms in total. The first-order chi connectivity index (χ1) is 13.6. The first kappa shape index (κ1) is 18.5. The molecule has 0 aliphatic carbocycles. The maximum atomic E-state index is 12.0. The molecule has 1 aromatic heterocycles. The van der Waals surface area contributed by atoms with Crippen molar-refractivity contribution < 1.29 is 14.6 Å². The molecule has 7 heteroatoms. The topological polar surface area (TPSA) is 79.6 Å². The predicted octanol–water partition coefficient (Wildman–Crippen LogP) is 1.45. The van der Waals surface area contributed by atoms with Crippen molar-refractivity contribution in [3.8, 4) is 5.75 Å². The standard InChI is InChI=1S/C21H24N4O3/c1-24-20-8-19(7-6-15(20)9-23-24)28-14-21(27)22-10-18(26)13-25-11-16-4-2-3-5-17(16)12-25/h2-9,18,26H,10-14H2,1H3,(H,22,27). The molecule has 2 N–H and O–H groups in total. The van der Waals surface area contributed by atoms with Gasteiger partial charge in [-0.3, -0.25) is 14.4 Å². The molecule has 1 aliphatic heterocycles. The van der Waals surface area contributed by atoms with E-state index in [4.69, 9.17) is 4.74 Å². The van der Waals surface area contributed by atoms with Gasteiger partial charge in [-0.25, -0.2) is 0 Å². The minimum Gasteiger partial charge on any atom is -0.484 e. The van der Waals surface area contributed by atoms with E-state index in [2.05, 4.69) is 27.4 Å². The van der Waals surface area contributed by atoms with Crippen molar-refractivity contribution in [3.05, 3.63) is 59.8 Å². The van der Waals surface area contributed by atoms with Crippen LogP contribution in [-0.4, -0.2) is 51.5 Å². The van der Waals surface area contributed by atoms with Crippen LogP contribution in [0.15, 0.2) is 48.7 Å². The molecule has 2 heterocycles. The van der Waals surface area contributed by atoms with Gasteiger partial charge in [-0.15, -0.1) is 0 Å². The Morgan fingerprint density at radius 2 is 2.00 bits per heavy atom. The monoisotopic (exact) mass is 380 g/mol. The van der Waals surface area contributed by atoms with Crippen molar-refractivity contribution in [2.75, 3.05) is 19.7 Å². The minimum atomic E-state index is -0.621. The Balaban J connectivity index is 1.20. The van der Waals surface area contributed by atoms with Crippen molar-refractivity contribution in [2.45, 2.75) is 19.2 Å². The van der Waals surface area contributed by atoms with Gasteiger partial charge in [0.2, 0.25) is 0 Å². The Morgan fingerprint density at radius 1 is 1.25 bits per heavy atom. The summed E-state index contributed by atoms with van der Waals surface area (Å²) in [7, 11) is 1.86. The van der Waals surface area contributed by atoms with E-state index in [1.807, 2.05) is 37.4 Å². The van der Waals surface area contributed by atoms with Gasteiger partial charge in [0.25, 0.3) is 5.91 Å². The Morgan fingerprint density at radius 3 is 2.75 bits per heavy atom. The second-order valence-corrected chi connectivity index (χ2v) is 7.17. The maximum absolute atomic E-state index is 12.0. The van der Waals surface area contributed by atoms with Crippen molar-refractivity contribution in [1.29, 1.82) is 0 Å². The number of aromatic nitrogens is 2. The van der Waals surface area contributed by atoms with E-state index in [1.165, 1.54) is 11.1 Å². The van der Waals surface area contributed by atoms with Crippen molar-refractivity contribution >= 4 is 16.8 Å². The van der Waals surface area contributed by atoms with E-state index < -0.39 is 6.10 Å². The summed E-state index contributed by atoms with van der Waals surface area (Å²) < 4.78 is 7.32. The van der Waals surface area contributed by atoms with Crippen LogP contribution in [-0.2, 0) is 24.9 Å². The molecule has 1 unspecified atom stereocenters. The third kappa shape index (κ3) is 4.16. The van der Waals surface area contributed by atoms with Gasteiger partial charge in [-0.05, 0) is 23.3 Å². The number of nitrogens with one attached hydrogen (secondary N) is 1. The first-order valence-electron chi connectivity index (χ1n) is 9.37. The van der Waals surface area contributed by atoms with Crippen LogP contribution in [0.1, 0.15) is 11.1 Å². The first-order valence-corrected chi connectivity index (χ1v) is 9.37. The van der Waals surface area contributed by atoms with Crippen molar-refractivity contribution in [1.82, 2.24) is 20.0 Å². The highest BCUT2D eigenvalue weighted by Crippen LogP contribution is 2.22. The Labute approximate surface area is 163 Å². The van der Waals surface area contributed by atoms with Gasteiger partial charge in [-0.2, -0.15) is 5.10 Å². The molecule has 0 bridgehead atoms. The Kier molecular flexibility index (Phi) is 5.27. The zero-order valence-electron chi connectivity index (χ0n) is 15.8. The minimum absolute atomic E-state index is 0.0920.